The molecule has 0 bridgehead atoms. The van der Waals surface area contributed by atoms with Gasteiger partial charge in [-0.3, -0.25) is 4.79 Å². The highest BCUT2D eigenvalue weighted by atomic mass is 19.4. The Morgan fingerprint density at radius 1 is 1.04 bits per heavy atom. The van der Waals surface area contributed by atoms with Gasteiger partial charge in [0.15, 0.2) is 5.78 Å². The van der Waals surface area contributed by atoms with Crippen molar-refractivity contribution in [1.82, 2.24) is 0 Å². The van der Waals surface area contributed by atoms with Gasteiger partial charge in [0.05, 0.1) is 5.56 Å². The van der Waals surface area contributed by atoms with Crippen LogP contribution in [0.15, 0.2) is 66.8 Å². The van der Waals surface area contributed by atoms with Crippen molar-refractivity contribution in [2.24, 2.45) is 0 Å². The van der Waals surface area contributed by atoms with Crippen LogP contribution in [0, 0.1) is 0 Å². The third kappa shape index (κ3) is 6.41. The quantitative estimate of drug-likeness (QED) is 0.378. The third-order valence-electron chi connectivity index (χ3n) is 4.05. The SMILES string of the molecule is CC/C=C\C=C/Cc1cccc(COc2ccc(C(C)=O)cc2C(F)(F)F)c1. The van der Waals surface area contributed by atoms with Crippen molar-refractivity contribution in [3.8, 4) is 5.75 Å². The molecule has 0 aliphatic rings. The molecule has 0 amide bonds. The summed E-state index contributed by atoms with van der Waals surface area (Å²) in [5, 5.41) is 0. The average molecular weight is 388 g/mol. The van der Waals surface area contributed by atoms with Gasteiger partial charge < -0.3 is 4.74 Å². The number of benzene rings is 2. The Hall–Kier alpha value is -2.82. The highest BCUT2D eigenvalue weighted by Crippen LogP contribution is 2.37. The minimum absolute atomic E-state index is 0.00517. The van der Waals surface area contributed by atoms with Crippen molar-refractivity contribution in [2.75, 3.05) is 0 Å². The molecule has 0 aliphatic heterocycles. The van der Waals surface area contributed by atoms with Crippen LogP contribution in [0.1, 0.15) is 47.3 Å². The molecule has 0 heterocycles. The van der Waals surface area contributed by atoms with Crippen molar-refractivity contribution >= 4 is 5.78 Å². The van der Waals surface area contributed by atoms with Crippen molar-refractivity contribution in [3.05, 3.63) is 89.0 Å². The van der Waals surface area contributed by atoms with E-state index in [2.05, 4.69) is 13.0 Å². The molecule has 2 rings (SSSR count). The number of carbonyl (C=O) groups is 1. The number of ketones is 1. The molecular weight excluding hydrogens is 365 g/mol. The van der Waals surface area contributed by atoms with Crippen LogP contribution in [0.2, 0.25) is 0 Å². The van der Waals surface area contributed by atoms with Crippen molar-refractivity contribution < 1.29 is 22.7 Å². The molecule has 0 aromatic heterocycles. The Bertz CT molecular complexity index is 864. The number of Topliss-reactive ketones (excluding diaryl/α,β-unsaturated/α-hetero) is 1. The molecule has 0 spiro atoms. The summed E-state index contributed by atoms with van der Waals surface area (Å²) in [7, 11) is 0. The van der Waals surface area contributed by atoms with Gasteiger partial charge in [0.1, 0.15) is 12.4 Å². The molecule has 0 atom stereocenters. The molecule has 28 heavy (non-hydrogen) atoms. The van der Waals surface area contributed by atoms with Gasteiger partial charge in [-0.15, -0.1) is 0 Å². The van der Waals surface area contributed by atoms with E-state index in [1.807, 2.05) is 36.4 Å². The molecule has 0 fully saturated rings. The number of rotatable bonds is 8. The predicted octanol–water partition coefficient (Wildman–Crippen LogP) is 6.55. The second kappa shape index (κ2) is 9.93. The van der Waals surface area contributed by atoms with E-state index in [-0.39, 0.29) is 17.9 Å². The second-order valence-electron chi connectivity index (χ2n) is 6.34. The summed E-state index contributed by atoms with van der Waals surface area (Å²) in [6.07, 6.45) is 5.13. The van der Waals surface area contributed by atoms with Crippen LogP contribution in [0.3, 0.4) is 0 Å². The molecule has 0 saturated heterocycles. The Labute approximate surface area is 163 Å². The summed E-state index contributed by atoms with van der Waals surface area (Å²) in [5.41, 5.74) is 0.886. The largest absolute Gasteiger partial charge is 0.488 e. The summed E-state index contributed by atoms with van der Waals surface area (Å²) in [4.78, 5) is 11.4. The van der Waals surface area contributed by atoms with Gasteiger partial charge in [0, 0.05) is 5.56 Å². The Morgan fingerprint density at radius 3 is 2.43 bits per heavy atom. The monoisotopic (exact) mass is 388 g/mol. The highest BCUT2D eigenvalue weighted by molar-refractivity contribution is 5.94. The lowest BCUT2D eigenvalue weighted by Crippen LogP contribution is -2.10. The Kier molecular flexibility index (Phi) is 7.61. The van der Waals surface area contributed by atoms with Crippen LogP contribution in [0.5, 0.6) is 5.75 Å². The van der Waals surface area contributed by atoms with E-state index in [1.165, 1.54) is 19.1 Å². The van der Waals surface area contributed by atoms with Crippen molar-refractivity contribution in [3.63, 3.8) is 0 Å². The standard InChI is InChI=1S/C23H23F3O2/c1-3-4-5-6-7-9-18-10-8-11-19(14-18)16-28-22-13-12-20(17(2)27)15-21(22)23(24,25)26/h4-8,10-15H,3,9,16H2,1-2H3/b5-4-,7-6-. The van der Waals surface area contributed by atoms with Crippen molar-refractivity contribution in [2.45, 2.75) is 39.5 Å². The molecule has 2 nitrogen and oxygen atoms in total. The lowest BCUT2D eigenvalue weighted by molar-refractivity contribution is -0.139. The van der Waals surface area contributed by atoms with E-state index in [9.17, 15) is 18.0 Å². The summed E-state index contributed by atoms with van der Waals surface area (Å²) in [6.45, 7) is 3.30. The van der Waals surface area contributed by atoms with Gasteiger partial charge in [0.25, 0.3) is 0 Å². The fraction of sp³-hybridized carbons (Fsp3) is 0.261. The molecule has 0 radical (unpaired) electrons. The number of alkyl halides is 3. The molecule has 5 heteroatoms. The van der Waals surface area contributed by atoms with E-state index in [1.54, 1.807) is 6.07 Å². The lowest BCUT2D eigenvalue weighted by atomic mass is 10.1. The van der Waals surface area contributed by atoms with Crippen LogP contribution in [0.4, 0.5) is 13.2 Å². The van der Waals surface area contributed by atoms with Gasteiger partial charge in [0.2, 0.25) is 0 Å². The van der Waals surface area contributed by atoms with E-state index in [0.29, 0.717) is 0 Å². The van der Waals surface area contributed by atoms with E-state index in [0.717, 1.165) is 30.0 Å². The molecule has 0 saturated carbocycles. The average Bonchev–Trinajstić information content (AvgIpc) is 2.65. The van der Waals surface area contributed by atoms with E-state index >= 15 is 0 Å². The number of hydrogen-bond donors (Lipinski definition) is 0. The molecule has 0 N–H and O–H groups in total. The summed E-state index contributed by atoms with van der Waals surface area (Å²) < 4.78 is 45.4. The maximum Gasteiger partial charge on any atom is 0.419 e. The van der Waals surface area contributed by atoms with E-state index < -0.39 is 17.5 Å². The Balaban J connectivity index is 2.11. The van der Waals surface area contributed by atoms with Crippen molar-refractivity contribution in [1.29, 1.82) is 0 Å². The first-order valence-electron chi connectivity index (χ1n) is 9.05. The highest BCUT2D eigenvalue weighted by Gasteiger charge is 2.35. The minimum atomic E-state index is -4.60. The zero-order valence-corrected chi connectivity index (χ0v) is 15.9. The molecule has 148 valence electrons. The summed E-state index contributed by atoms with van der Waals surface area (Å²) >= 11 is 0. The topological polar surface area (TPSA) is 26.3 Å². The summed E-state index contributed by atoms with van der Waals surface area (Å²) in [6, 6.07) is 10.9. The minimum Gasteiger partial charge on any atom is -0.488 e. The van der Waals surface area contributed by atoms with Crippen LogP contribution in [-0.4, -0.2) is 5.78 Å². The van der Waals surface area contributed by atoms with Gasteiger partial charge >= 0.3 is 6.18 Å². The van der Waals surface area contributed by atoms with Gasteiger partial charge in [-0.2, -0.15) is 13.2 Å². The van der Waals surface area contributed by atoms with Gasteiger partial charge in [-0.1, -0.05) is 55.5 Å². The lowest BCUT2D eigenvalue weighted by Gasteiger charge is -2.15. The summed E-state index contributed by atoms with van der Waals surface area (Å²) in [5.74, 6) is -0.709. The molecule has 2 aromatic carbocycles. The normalized spacial score (nSPS) is 12.0. The first-order chi connectivity index (χ1) is 13.3. The molecular formula is C23H23F3O2. The molecule has 0 unspecified atom stereocenters. The first-order valence-corrected chi connectivity index (χ1v) is 9.05. The maximum atomic E-state index is 13.3. The van der Waals surface area contributed by atoms with Crippen LogP contribution < -0.4 is 4.74 Å². The van der Waals surface area contributed by atoms with Gasteiger partial charge in [-0.05, 0) is 49.1 Å². The maximum absolute atomic E-state index is 13.3. The second-order valence-corrected chi connectivity index (χ2v) is 6.34. The third-order valence-corrected chi connectivity index (χ3v) is 4.05. The fourth-order valence-electron chi connectivity index (χ4n) is 2.60. The smallest absolute Gasteiger partial charge is 0.419 e. The zero-order chi connectivity index (χ0) is 20.6. The van der Waals surface area contributed by atoms with Crippen LogP contribution in [-0.2, 0) is 19.2 Å². The Morgan fingerprint density at radius 2 is 1.75 bits per heavy atom. The first kappa shape index (κ1) is 21.5. The predicted molar refractivity (Wildman–Crippen MR) is 104 cm³/mol. The van der Waals surface area contributed by atoms with E-state index in [4.69, 9.17) is 4.74 Å². The molecule has 0 aliphatic carbocycles. The van der Waals surface area contributed by atoms with Crippen LogP contribution in [0.25, 0.3) is 0 Å². The number of carbonyl (C=O) groups excluding carboxylic acids is 1. The zero-order valence-electron chi connectivity index (χ0n) is 15.9. The number of halogens is 3. The van der Waals surface area contributed by atoms with Gasteiger partial charge in [-0.25, -0.2) is 0 Å². The fourth-order valence-corrected chi connectivity index (χ4v) is 2.60. The number of ether oxygens (including phenoxy) is 1. The number of hydrogen-bond acceptors (Lipinski definition) is 2. The number of allylic oxidation sites excluding steroid dienone is 4. The van der Waals surface area contributed by atoms with Crippen LogP contribution >= 0.6 is 0 Å². The molecule has 2 aromatic rings.